The molecule has 0 atom stereocenters. The summed E-state index contributed by atoms with van der Waals surface area (Å²) in [5.41, 5.74) is 0.792. The Kier molecular flexibility index (Phi) is 7.06. The first kappa shape index (κ1) is 22.3. The number of ether oxygens (including phenoxy) is 2. The SMILES string of the molecule is CC(C)CN1CCC(Oc2cc(Oc3ccc(/C=C4\SC(=O)NC4=O)cc3)ncn2)CC1. The third-order valence-electron chi connectivity index (χ3n) is 5.10. The summed E-state index contributed by atoms with van der Waals surface area (Å²) in [4.78, 5) is 34.2. The van der Waals surface area contributed by atoms with E-state index in [1.807, 2.05) is 12.1 Å². The Morgan fingerprint density at radius 2 is 1.88 bits per heavy atom. The normalized spacial score (nSPS) is 18.9. The van der Waals surface area contributed by atoms with E-state index in [0.29, 0.717) is 28.3 Å². The number of thioether (sulfide) groups is 1. The van der Waals surface area contributed by atoms with Gasteiger partial charge in [-0.2, -0.15) is 0 Å². The zero-order chi connectivity index (χ0) is 22.5. The summed E-state index contributed by atoms with van der Waals surface area (Å²) in [6.07, 6.45) is 5.20. The van der Waals surface area contributed by atoms with Crippen LogP contribution < -0.4 is 14.8 Å². The number of hydrogen-bond acceptors (Lipinski definition) is 8. The number of benzene rings is 1. The second-order valence-electron chi connectivity index (χ2n) is 8.23. The maximum Gasteiger partial charge on any atom is 0.290 e. The third-order valence-corrected chi connectivity index (χ3v) is 5.92. The topological polar surface area (TPSA) is 93.7 Å². The fourth-order valence-corrected chi connectivity index (χ4v) is 4.35. The van der Waals surface area contributed by atoms with Gasteiger partial charge in [0.15, 0.2) is 0 Å². The van der Waals surface area contributed by atoms with Crippen molar-refractivity contribution in [2.45, 2.75) is 32.8 Å². The van der Waals surface area contributed by atoms with Crippen LogP contribution in [0, 0.1) is 5.92 Å². The van der Waals surface area contributed by atoms with Gasteiger partial charge in [-0.1, -0.05) is 26.0 Å². The van der Waals surface area contributed by atoms with Gasteiger partial charge >= 0.3 is 0 Å². The summed E-state index contributed by atoms with van der Waals surface area (Å²) in [5, 5.41) is 1.88. The van der Waals surface area contributed by atoms with Gasteiger partial charge in [-0.25, -0.2) is 9.97 Å². The predicted octanol–water partition coefficient (Wildman–Crippen LogP) is 4.09. The molecule has 2 aliphatic heterocycles. The van der Waals surface area contributed by atoms with Gasteiger partial charge < -0.3 is 14.4 Å². The zero-order valence-electron chi connectivity index (χ0n) is 18.1. The number of amides is 2. The fraction of sp³-hybridized carbons (Fsp3) is 0.391. The van der Waals surface area contributed by atoms with E-state index in [4.69, 9.17) is 9.47 Å². The third kappa shape index (κ3) is 6.08. The molecule has 9 heteroatoms. The van der Waals surface area contributed by atoms with Gasteiger partial charge in [0.25, 0.3) is 11.1 Å². The van der Waals surface area contributed by atoms with Crippen LogP contribution in [0.1, 0.15) is 32.3 Å². The molecule has 0 bridgehead atoms. The molecule has 8 nitrogen and oxygen atoms in total. The highest BCUT2D eigenvalue weighted by molar-refractivity contribution is 8.18. The van der Waals surface area contributed by atoms with Crippen molar-refractivity contribution in [3.8, 4) is 17.5 Å². The molecule has 1 aromatic heterocycles. The molecule has 1 aromatic carbocycles. The van der Waals surface area contributed by atoms with Crippen LogP contribution in [0.25, 0.3) is 6.08 Å². The van der Waals surface area contributed by atoms with Crippen LogP contribution >= 0.6 is 11.8 Å². The van der Waals surface area contributed by atoms with Gasteiger partial charge in [0, 0.05) is 19.6 Å². The molecule has 4 rings (SSSR count). The summed E-state index contributed by atoms with van der Waals surface area (Å²) in [6, 6.07) is 8.87. The van der Waals surface area contributed by atoms with Crippen molar-refractivity contribution in [3.05, 3.63) is 47.1 Å². The molecule has 168 valence electrons. The number of carbonyl (C=O) groups is 2. The number of likely N-dealkylation sites (tertiary alicyclic amines) is 1. The molecule has 2 aliphatic rings. The van der Waals surface area contributed by atoms with Crippen LogP contribution in [-0.2, 0) is 4.79 Å². The number of imide groups is 1. The summed E-state index contributed by atoms with van der Waals surface area (Å²) in [5.74, 6) is 1.80. The van der Waals surface area contributed by atoms with Crippen LogP contribution in [0.15, 0.2) is 41.6 Å². The maximum atomic E-state index is 11.7. The lowest BCUT2D eigenvalue weighted by Crippen LogP contribution is -2.40. The molecular weight excluding hydrogens is 428 g/mol. The van der Waals surface area contributed by atoms with E-state index in [0.717, 1.165) is 49.8 Å². The lowest BCUT2D eigenvalue weighted by molar-refractivity contribution is -0.115. The average molecular weight is 455 g/mol. The van der Waals surface area contributed by atoms with Crippen LogP contribution in [0.3, 0.4) is 0 Å². The molecular formula is C23H26N4O4S. The lowest BCUT2D eigenvalue weighted by Gasteiger charge is -2.32. The van der Waals surface area contributed by atoms with Gasteiger partial charge in [-0.3, -0.25) is 14.9 Å². The van der Waals surface area contributed by atoms with Crippen LogP contribution in [0.5, 0.6) is 17.5 Å². The van der Waals surface area contributed by atoms with E-state index in [9.17, 15) is 9.59 Å². The Morgan fingerprint density at radius 3 is 2.53 bits per heavy atom. The Labute approximate surface area is 191 Å². The van der Waals surface area contributed by atoms with E-state index in [-0.39, 0.29) is 17.3 Å². The largest absolute Gasteiger partial charge is 0.474 e. The van der Waals surface area contributed by atoms with E-state index in [1.165, 1.54) is 6.33 Å². The maximum absolute atomic E-state index is 11.7. The molecule has 0 radical (unpaired) electrons. The Morgan fingerprint density at radius 1 is 1.16 bits per heavy atom. The molecule has 2 fully saturated rings. The van der Waals surface area contributed by atoms with E-state index < -0.39 is 0 Å². The van der Waals surface area contributed by atoms with Crippen molar-refractivity contribution in [2.24, 2.45) is 5.92 Å². The lowest BCUT2D eigenvalue weighted by atomic mass is 10.1. The van der Waals surface area contributed by atoms with Crippen LogP contribution in [0.4, 0.5) is 4.79 Å². The first-order valence-corrected chi connectivity index (χ1v) is 11.5. The highest BCUT2D eigenvalue weighted by Gasteiger charge is 2.25. The van der Waals surface area contributed by atoms with Crippen molar-refractivity contribution in [1.29, 1.82) is 0 Å². The summed E-state index contributed by atoms with van der Waals surface area (Å²) >= 11 is 0.890. The summed E-state index contributed by atoms with van der Waals surface area (Å²) in [6.45, 7) is 7.68. The van der Waals surface area contributed by atoms with Gasteiger partial charge in [-0.15, -0.1) is 0 Å². The molecule has 0 unspecified atom stereocenters. The number of aromatic nitrogens is 2. The molecule has 2 aromatic rings. The van der Waals surface area contributed by atoms with Gasteiger partial charge in [0.2, 0.25) is 11.8 Å². The monoisotopic (exact) mass is 454 g/mol. The number of rotatable bonds is 7. The van der Waals surface area contributed by atoms with Crippen molar-refractivity contribution < 1.29 is 19.1 Å². The van der Waals surface area contributed by atoms with Gasteiger partial charge in [0.05, 0.1) is 11.0 Å². The second kappa shape index (κ2) is 10.1. The number of carbonyl (C=O) groups excluding carboxylic acids is 2. The van der Waals surface area contributed by atoms with Gasteiger partial charge in [0.1, 0.15) is 18.2 Å². The van der Waals surface area contributed by atoms with E-state index in [2.05, 4.69) is 34.0 Å². The van der Waals surface area contributed by atoms with Crippen molar-refractivity contribution >= 4 is 29.0 Å². The minimum absolute atomic E-state index is 0.144. The highest BCUT2D eigenvalue weighted by atomic mass is 32.2. The molecule has 0 saturated carbocycles. The van der Waals surface area contributed by atoms with Crippen LogP contribution in [-0.4, -0.2) is 51.8 Å². The molecule has 32 heavy (non-hydrogen) atoms. The molecule has 1 N–H and O–H groups in total. The molecule has 0 aliphatic carbocycles. The molecule has 2 saturated heterocycles. The number of piperidine rings is 1. The number of nitrogens with zero attached hydrogens (tertiary/aromatic N) is 3. The van der Waals surface area contributed by atoms with Gasteiger partial charge in [-0.05, 0) is 54.3 Å². The molecule has 0 spiro atoms. The van der Waals surface area contributed by atoms with Crippen molar-refractivity contribution in [2.75, 3.05) is 19.6 Å². The van der Waals surface area contributed by atoms with E-state index >= 15 is 0 Å². The van der Waals surface area contributed by atoms with Crippen molar-refractivity contribution in [1.82, 2.24) is 20.2 Å². The van der Waals surface area contributed by atoms with Crippen LogP contribution in [0.2, 0.25) is 0 Å². The number of hydrogen-bond donors (Lipinski definition) is 1. The minimum Gasteiger partial charge on any atom is -0.474 e. The Bertz CT molecular complexity index is 1000. The minimum atomic E-state index is -0.376. The molecule has 3 heterocycles. The quantitative estimate of drug-likeness (QED) is 0.625. The first-order valence-electron chi connectivity index (χ1n) is 10.7. The zero-order valence-corrected chi connectivity index (χ0v) is 18.9. The number of nitrogens with one attached hydrogen (secondary N) is 1. The Hall–Kier alpha value is -2.91. The predicted molar refractivity (Wildman–Crippen MR) is 123 cm³/mol. The summed E-state index contributed by atoms with van der Waals surface area (Å²) in [7, 11) is 0. The first-order chi connectivity index (χ1) is 15.4. The van der Waals surface area contributed by atoms with E-state index in [1.54, 1.807) is 24.3 Å². The molecule has 2 amide bonds. The van der Waals surface area contributed by atoms with Crippen molar-refractivity contribution in [3.63, 3.8) is 0 Å². The smallest absolute Gasteiger partial charge is 0.290 e. The Balaban J connectivity index is 1.33. The highest BCUT2D eigenvalue weighted by Crippen LogP contribution is 2.27. The fourth-order valence-electron chi connectivity index (χ4n) is 3.67. The second-order valence-corrected chi connectivity index (χ2v) is 9.24. The average Bonchev–Trinajstić information content (AvgIpc) is 3.07. The standard InChI is InChI=1S/C23H26N4O4S/c1-15(2)13-27-9-7-18(8-10-27)31-21-12-20(24-14-25-21)30-17-5-3-16(4-6-17)11-19-22(28)26-23(29)32-19/h3-6,11-12,14-15,18H,7-10,13H2,1-2H3,(H,26,28,29)/b19-11-. The summed E-state index contributed by atoms with van der Waals surface area (Å²) < 4.78 is 11.9.